The Kier molecular flexibility index (Phi) is 5.48. The van der Waals surface area contributed by atoms with Gasteiger partial charge in [-0.05, 0) is 51.5 Å². The van der Waals surface area contributed by atoms with E-state index in [1.807, 2.05) is 52.0 Å². The summed E-state index contributed by atoms with van der Waals surface area (Å²) < 4.78 is 7.58. The van der Waals surface area contributed by atoms with Crippen LogP contribution < -0.4 is 11.3 Å². The summed E-state index contributed by atoms with van der Waals surface area (Å²) in [7, 11) is 0. The Labute approximate surface area is 179 Å². The highest BCUT2D eigenvalue weighted by atomic mass is 16.4. The van der Waals surface area contributed by atoms with E-state index in [2.05, 4.69) is 15.2 Å². The van der Waals surface area contributed by atoms with Gasteiger partial charge in [0.1, 0.15) is 5.69 Å². The number of nitrogens with zero attached hydrogens (tertiary/aromatic N) is 5. The third-order valence-electron chi connectivity index (χ3n) is 5.03. The van der Waals surface area contributed by atoms with Gasteiger partial charge in [-0.3, -0.25) is 9.78 Å². The maximum atomic E-state index is 12.1. The molecule has 1 unspecified atom stereocenters. The molecule has 0 saturated heterocycles. The molecule has 4 rings (SSSR count). The molecule has 0 radical (unpaired) electrons. The van der Waals surface area contributed by atoms with Gasteiger partial charge in [-0.15, -0.1) is 10.2 Å². The topological polar surface area (TPSA) is 113 Å². The van der Waals surface area contributed by atoms with Crippen LogP contribution in [0.3, 0.4) is 0 Å². The fourth-order valence-corrected chi connectivity index (χ4v) is 3.24. The molecular formula is C23H24N6O2. The van der Waals surface area contributed by atoms with E-state index in [-0.39, 0.29) is 23.5 Å². The van der Waals surface area contributed by atoms with Crippen molar-refractivity contribution >= 4 is 0 Å². The first-order valence-corrected chi connectivity index (χ1v) is 10.1. The van der Waals surface area contributed by atoms with Crippen molar-refractivity contribution in [2.45, 2.75) is 39.8 Å². The van der Waals surface area contributed by atoms with Crippen molar-refractivity contribution in [3.63, 3.8) is 0 Å². The molecule has 4 aromatic rings. The second-order valence-corrected chi connectivity index (χ2v) is 7.77. The lowest BCUT2D eigenvalue weighted by Gasteiger charge is -2.11. The Hall–Kier alpha value is -3.65. The van der Waals surface area contributed by atoms with Crippen molar-refractivity contribution in [1.29, 1.82) is 0 Å². The molecule has 0 aliphatic carbocycles. The molecule has 0 spiro atoms. The fraction of sp³-hybridized carbons (Fsp3) is 0.261. The van der Waals surface area contributed by atoms with Crippen molar-refractivity contribution in [3.05, 3.63) is 70.4 Å². The number of rotatable bonds is 5. The number of hydrogen-bond acceptors (Lipinski definition) is 7. The van der Waals surface area contributed by atoms with Gasteiger partial charge in [-0.2, -0.15) is 0 Å². The van der Waals surface area contributed by atoms with E-state index in [0.717, 1.165) is 16.7 Å². The van der Waals surface area contributed by atoms with Crippen LogP contribution in [-0.4, -0.2) is 24.7 Å². The summed E-state index contributed by atoms with van der Waals surface area (Å²) in [5.41, 5.74) is 10.3. The van der Waals surface area contributed by atoms with Crippen molar-refractivity contribution in [3.8, 4) is 34.3 Å². The zero-order valence-electron chi connectivity index (χ0n) is 17.9. The monoisotopic (exact) mass is 416 g/mol. The van der Waals surface area contributed by atoms with Crippen LogP contribution in [0, 0.1) is 6.92 Å². The summed E-state index contributed by atoms with van der Waals surface area (Å²) in [4.78, 5) is 21.2. The molecule has 0 bridgehead atoms. The average molecular weight is 416 g/mol. The van der Waals surface area contributed by atoms with Crippen LogP contribution in [0.4, 0.5) is 0 Å². The lowest BCUT2D eigenvalue weighted by atomic mass is 10.1. The van der Waals surface area contributed by atoms with Gasteiger partial charge in [0.25, 0.3) is 11.4 Å². The Morgan fingerprint density at radius 1 is 1.03 bits per heavy atom. The van der Waals surface area contributed by atoms with Crippen LogP contribution in [0.1, 0.15) is 44.1 Å². The Morgan fingerprint density at radius 3 is 2.55 bits per heavy atom. The SMILES string of the molecule is Cc1ncc(-c2ccc(=O)n(C(C)C)c2)nc1-c1nnc(-c2cccc(C(C)N)c2)o1. The smallest absolute Gasteiger partial charge is 0.268 e. The van der Waals surface area contributed by atoms with E-state index in [9.17, 15) is 4.79 Å². The molecule has 1 atom stereocenters. The lowest BCUT2D eigenvalue weighted by molar-refractivity contribution is 0.578. The van der Waals surface area contributed by atoms with Crippen molar-refractivity contribution < 1.29 is 4.42 Å². The number of pyridine rings is 1. The van der Waals surface area contributed by atoms with Crippen molar-refractivity contribution in [2.75, 3.05) is 0 Å². The highest BCUT2D eigenvalue weighted by Gasteiger charge is 2.17. The molecular weight excluding hydrogens is 392 g/mol. The zero-order chi connectivity index (χ0) is 22.1. The normalized spacial score (nSPS) is 12.3. The van der Waals surface area contributed by atoms with E-state index in [4.69, 9.17) is 15.1 Å². The minimum absolute atomic E-state index is 0.0378. The standard InChI is InChI=1S/C23H24N6O2/c1-13(2)29-12-18(8-9-20(29)30)19-11-25-15(4)21(26-19)23-28-27-22(31-23)17-7-5-6-16(10-17)14(3)24/h5-14H,24H2,1-4H3. The number of hydrogen-bond donors (Lipinski definition) is 1. The van der Waals surface area contributed by atoms with E-state index in [1.165, 1.54) is 6.07 Å². The Bertz CT molecular complexity index is 1290. The van der Waals surface area contributed by atoms with Gasteiger partial charge in [0.05, 0.1) is 17.6 Å². The molecule has 0 amide bonds. The predicted octanol–water partition coefficient (Wildman–Crippen LogP) is 3.93. The summed E-state index contributed by atoms with van der Waals surface area (Å²) in [6.45, 7) is 7.67. The van der Waals surface area contributed by atoms with Crippen molar-refractivity contribution in [2.24, 2.45) is 5.73 Å². The second kappa shape index (κ2) is 8.23. The van der Waals surface area contributed by atoms with Gasteiger partial charge in [0.2, 0.25) is 5.89 Å². The summed E-state index contributed by atoms with van der Waals surface area (Å²) in [6, 6.07) is 10.9. The molecule has 8 heteroatoms. The van der Waals surface area contributed by atoms with Gasteiger partial charge in [-0.1, -0.05) is 12.1 Å². The molecule has 31 heavy (non-hydrogen) atoms. The van der Waals surface area contributed by atoms with Crippen LogP contribution in [-0.2, 0) is 0 Å². The van der Waals surface area contributed by atoms with Gasteiger partial charge in [-0.25, -0.2) is 4.98 Å². The minimum Gasteiger partial charge on any atom is -0.415 e. The van der Waals surface area contributed by atoms with Gasteiger partial charge in [0, 0.05) is 35.5 Å². The maximum absolute atomic E-state index is 12.1. The van der Waals surface area contributed by atoms with Crippen LogP contribution in [0.15, 0.2) is 58.0 Å². The van der Waals surface area contributed by atoms with E-state index in [1.54, 1.807) is 23.0 Å². The fourth-order valence-electron chi connectivity index (χ4n) is 3.24. The number of aryl methyl sites for hydroxylation is 1. The highest BCUT2D eigenvalue weighted by Crippen LogP contribution is 2.27. The molecule has 0 saturated carbocycles. The molecule has 158 valence electrons. The molecule has 1 aromatic carbocycles. The van der Waals surface area contributed by atoms with Crippen LogP contribution in [0.25, 0.3) is 34.3 Å². The minimum atomic E-state index is -0.0961. The molecule has 3 heterocycles. The molecule has 2 N–H and O–H groups in total. The lowest BCUT2D eigenvalue weighted by Crippen LogP contribution is -2.20. The number of benzene rings is 1. The molecule has 0 fully saturated rings. The van der Waals surface area contributed by atoms with E-state index in [0.29, 0.717) is 23.0 Å². The third-order valence-corrected chi connectivity index (χ3v) is 5.03. The summed E-state index contributed by atoms with van der Waals surface area (Å²) in [6.07, 6.45) is 3.46. The Morgan fingerprint density at radius 2 is 1.81 bits per heavy atom. The Balaban J connectivity index is 1.73. The third kappa shape index (κ3) is 4.15. The van der Waals surface area contributed by atoms with Crippen molar-refractivity contribution in [1.82, 2.24) is 24.7 Å². The average Bonchev–Trinajstić information content (AvgIpc) is 3.24. The quantitative estimate of drug-likeness (QED) is 0.524. The summed E-state index contributed by atoms with van der Waals surface area (Å²) in [5.74, 6) is 0.669. The predicted molar refractivity (Wildman–Crippen MR) is 118 cm³/mol. The van der Waals surface area contributed by atoms with E-state index < -0.39 is 0 Å². The van der Waals surface area contributed by atoms with Crippen LogP contribution >= 0.6 is 0 Å². The second-order valence-electron chi connectivity index (χ2n) is 7.77. The van der Waals surface area contributed by atoms with Gasteiger partial charge in [0.15, 0.2) is 0 Å². The van der Waals surface area contributed by atoms with Crippen LogP contribution in [0.5, 0.6) is 0 Å². The number of aromatic nitrogens is 5. The highest BCUT2D eigenvalue weighted by molar-refractivity contribution is 5.63. The molecule has 0 aliphatic heterocycles. The number of nitrogens with two attached hydrogens (primary N) is 1. The van der Waals surface area contributed by atoms with Gasteiger partial charge < -0.3 is 14.7 Å². The summed E-state index contributed by atoms with van der Waals surface area (Å²) in [5, 5.41) is 8.37. The van der Waals surface area contributed by atoms with Crippen LogP contribution in [0.2, 0.25) is 0 Å². The van der Waals surface area contributed by atoms with Gasteiger partial charge >= 0.3 is 0 Å². The first-order chi connectivity index (χ1) is 14.8. The molecule has 8 nitrogen and oxygen atoms in total. The van der Waals surface area contributed by atoms with E-state index >= 15 is 0 Å². The zero-order valence-corrected chi connectivity index (χ0v) is 17.9. The largest absolute Gasteiger partial charge is 0.415 e. The summed E-state index contributed by atoms with van der Waals surface area (Å²) >= 11 is 0. The molecule has 0 aliphatic rings. The first kappa shape index (κ1) is 20.6. The first-order valence-electron chi connectivity index (χ1n) is 10.1. The molecule has 3 aromatic heterocycles. The maximum Gasteiger partial charge on any atom is 0.268 e.